The van der Waals surface area contributed by atoms with E-state index in [-0.39, 0.29) is 17.3 Å². The summed E-state index contributed by atoms with van der Waals surface area (Å²) in [4.78, 5) is 12.5. The van der Waals surface area contributed by atoms with Gasteiger partial charge < -0.3 is 10.6 Å². The molecule has 0 bridgehead atoms. The Morgan fingerprint density at radius 3 is 2.18 bits per heavy atom. The first-order valence-corrected chi connectivity index (χ1v) is 11.0. The molecule has 0 radical (unpaired) electrons. The fourth-order valence-electron chi connectivity index (χ4n) is 2.95. The molecule has 0 spiro atoms. The van der Waals surface area contributed by atoms with Crippen LogP contribution in [0.2, 0.25) is 0 Å². The van der Waals surface area contributed by atoms with Crippen molar-refractivity contribution in [2.75, 3.05) is 30.3 Å². The van der Waals surface area contributed by atoms with Crippen molar-refractivity contribution in [2.24, 2.45) is 0 Å². The van der Waals surface area contributed by atoms with E-state index in [0.717, 1.165) is 11.3 Å². The predicted molar refractivity (Wildman–Crippen MR) is 114 cm³/mol. The Bertz CT molecular complexity index is 889. The molecule has 0 aromatic heterocycles. The van der Waals surface area contributed by atoms with Crippen LogP contribution in [0.25, 0.3) is 0 Å². The lowest BCUT2D eigenvalue weighted by atomic mass is 10.0. The molecule has 0 atom stereocenters. The number of nitrogens with one attached hydrogen (secondary N) is 2. The van der Waals surface area contributed by atoms with Gasteiger partial charge in [0.1, 0.15) is 0 Å². The maximum absolute atomic E-state index is 12.5. The van der Waals surface area contributed by atoms with E-state index in [9.17, 15) is 13.2 Å². The molecule has 1 amide bonds. The quantitative estimate of drug-likeness (QED) is 0.666. The molecule has 7 heteroatoms. The largest absolute Gasteiger partial charge is 0.376 e. The van der Waals surface area contributed by atoms with Gasteiger partial charge in [-0.15, -0.1) is 0 Å². The van der Waals surface area contributed by atoms with Gasteiger partial charge in [0, 0.05) is 24.5 Å². The first kappa shape index (κ1) is 21.9. The topological polar surface area (TPSA) is 78.5 Å². The highest BCUT2D eigenvalue weighted by atomic mass is 32.2. The van der Waals surface area contributed by atoms with Gasteiger partial charge in [-0.2, -0.15) is 4.31 Å². The van der Waals surface area contributed by atoms with Crippen LogP contribution in [-0.2, 0) is 14.8 Å². The van der Waals surface area contributed by atoms with Gasteiger partial charge in [0.15, 0.2) is 0 Å². The molecule has 0 unspecified atom stereocenters. The van der Waals surface area contributed by atoms with Crippen LogP contribution in [-0.4, -0.2) is 38.3 Å². The van der Waals surface area contributed by atoms with Crippen LogP contribution in [0, 0.1) is 0 Å². The van der Waals surface area contributed by atoms with Crippen molar-refractivity contribution in [3.8, 4) is 0 Å². The molecule has 2 aromatic rings. The van der Waals surface area contributed by atoms with E-state index >= 15 is 0 Å². The van der Waals surface area contributed by atoms with Crippen LogP contribution in [0.1, 0.15) is 39.2 Å². The Hall–Kier alpha value is -2.38. The SMILES string of the molecule is CCN(CC)S(=O)(=O)c1ccc(NCC(=O)Nc2ccccc2C(C)C)cc1. The van der Waals surface area contributed by atoms with E-state index in [0.29, 0.717) is 24.7 Å². The lowest BCUT2D eigenvalue weighted by molar-refractivity contribution is -0.114. The van der Waals surface area contributed by atoms with E-state index in [4.69, 9.17) is 0 Å². The Labute approximate surface area is 168 Å². The van der Waals surface area contributed by atoms with Crippen molar-refractivity contribution in [3.63, 3.8) is 0 Å². The minimum atomic E-state index is -3.48. The molecular weight excluding hydrogens is 374 g/mol. The van der Waals surface area contributed by atoms with Crippen molar-refractivity contribution in [3.05, 3.63) is 54.1 Å². The number of hydrogen-bond donors (Lipinski definition) is 2. The Kier molecular flexibility index (Phi) is 7.60. The molecule has 0 aliphatic rings. The zero-order chi connectivity index (χ0) is 20.7. The minimum absolute atomic E-state index is 0.0918. The number of benzene rings is 2. The number of amides is 1. The summed E-state index contributed by atoms with van der Waals surface area (Å²) in [7, 11) is -3.48. The highest BCUT2D eigenvalue weighted by Gasteiger charge is 2.21. The molecule has 0 aliphatic carbocycles. The van der Waals surface area contributed by atoms with E-state index < -0.39 is 10.0 Å². The first-order valence-electron chi connectivity index (χ1n) is 9.52. The van der Waals surface area contributed by atoms with Crippen molar-refractivity contribution < 1.29 is 13.2 Å². The molecule has 0 fully saturated rings. The monoisotopic (exact) mass is 403 g/mol. The third kappa shape index (κ3) is 5.33. The lowest BCUT2D eigenvalue weighted by Gasteiger charge is -2.18. The molecule has 0 saturated heterocycles. The third-order valence-electron chi connectivity index (χ3n) is 4.51. The van der Waals surface area contributed by atoms with E-state index in [2.05, 4.69) is 24.5 Å². The van der Waals surface area contributed by atoms with Crippen molar-refractivity contribution in [2.45, 2.75) is 38.5 Å². The highest BCUT2D eigenvalue weighted by molar-refractivity contribution is 7.89. The second-order valence-electron chi connectivity index (χ2n) is 6.76. The Morgan fingerprint density at radius 2 is 1.61 bits per heavy atom. The predicted octanol–water partition coefficient (Wildman–Crippen LogP) is 3.89. The number of carbonyl (C=O) groups excluding carboxylic acids is 1. The molecule has 0 saturated carbocycles. The second-order valence-corrected chi connectivity index (χ2v) is 8.70. The number of carbonyl (C=O) groups is 1. The summed E-state index contributed by atoms with van der Waals surface area (Å²) in [6, 6.07) is 14.2. The van der Waals surface area contributed by atoms with Gasteiger partial charge in [-0.25, -0.2) is 8.42 Å². The van der Waals surface area contributed by atoms with Gasteiger partial charge in [-0.3, -0.25) is 4.79 Å². The fraction of sp³-hybridized carbons (Fsp3) is 0.381. The summed E-state index contributed by atoms with van der Waals surface area (Å²) >= 11 is 0. The first-order chi connectivity index (χ1) is 13.3. The van der Waals surface area contributed by atoms with Gasteiger partial charge >= 0.3 is 0 Å². The zero-order valence-electron chi connectivity index (χ0n) is 16.9. The van der Waals surface area contributed by atoms with E-state index in [1.807, 2.05) is 38.1 Å². The average molecular weight is 404 g/mol. The normalized spacial score (nSPS) is 11.6. The average Bonchev–Trinajstić information content (AvgIpc) is 2.67. The molecule has 152 valence electrons. The standard InChI is InChI=1S/C21H29N3O3S/c1-5-24(6-2)28(26,27)18-13-11-17(12-14-18)22-15-21(25)23-20-10-8-7-9-19(20)16(3)4/h7-14,16,22H,5-6,15H2,1-4H3,(H,23,25). The zero-order valence-corrected chi connectivity index (χ0v) is 17.7. The Balaban J connectivity index is 1.99. The summed E-state index contributed by atoms with van der Waals surface area (Å²) < 4.78 is 26.4. The second kappa shape index (κ2) is 9.71. The fourth-order valence-corrected chi connectivity index (χ4v) is 4.41. The molecule has 28 heavy (non-hydrogen) atoms. The van der Waals surface area contributed by atoms with Crippen LogP contribution in [0.3, 0.4) is 0 Å². The number of para-hydroxylation sites is 1. The van der Waals surface area contributed by atoms with E-state index in [1.54, 1.807) is 24.3 Å². The molecule has 0 aliphatic heterocycles. The molecular formula is C21H29N3O3S. The van der Waals surface area contributed by atoms with Gasteiger partial charge in [-0.05, 0) is 41.8 Å². The number of anilines is 2. The molecule has 2 aromatic carbocycles. The maximum atomic E-state index is 12.5. The summed E-state index contributed by atoms with van der Waals surface area (Å²) in [5.74, 6) is 0.151. The summed E-state index contributed by atoms with van der Waals surface area (Å²) in [6.07, 6.45) is 0. The summed E-state index contributed by atoms with van der Waals surface area (Å²) in [5.41, 5.74) is 2.58. The number of rotatable bonds is 9. The molecule has 2 rings (SSSR count). The van der Waals surface area contributed by atoms with Crippen molar-refractivity contribution >= 4 is 27.3 Å². The van der Waals surface area contributed by atoms with Crippen LogP contribution in [0.5, 0.6) is 0 Å². The summed E-state index contributed by atoms with van der Waals surface area (Å²) in [5, 5.41) is 5.95. The molecule has 6 nitrogen and oxygen atoms in total. The van der Waals surface area contributed by atoms with Gasteiger partial charge in [-0.1, -0.05) is 45.9 Å². The molecule has 0 heterocycles. The smallest absolute Gasteiger partial charge is 0.243 e. The summed E-state index contributed by atoms with van der Waals surface area (Å²) in [6.45, 7) is 8.73. The number of nitrogens with zero attached hydrogens (tertiary/aromatic N) is 1. The lowest BCUT2D eigenvalue weighted by Crippen LogP contribution is -2.30. The van der Waals surface area contributed by atoms with Crippen LogP contribution < -0.4 is 10.6 Å². The van der Waals surface area contributed by atoms with Crippen molar-refractivity contribution in [1.29, 1.82) is 0 Å². The van der Waals surface area contributed by atoms with Crippen LogP contribution in [0.15, 0.2) is 53.4 Å². The third-order valence-corrected chi connectivity index (χ3v) is 6.57. The van der Waals surface area contributed by atoms with Crippen LogP contribution in [0.4, 0.5) is 11.4 Å². The van der Waals surface area contributed by atoms with Crippen molar-refractivity contribution in [1.82, 2.24) is 4.31 Å². The number of hydrogen-bond acceptors (Lipinski definition) is 4. The maximum Gasteiger partial charge on any atom is 0.243 e. The van der Waals surface area contributed by atoms with Gasteiger partial charge in [0.25, 0.3) is 0 Å². The van der Waals surface area contributed by atoms with E-state index in [1.165, 1.54) is 4.31 Å². The van der Waals surface area contributed by atoms with Gasteiger partial charge in [0.2, 0.25) is 15.9 Å². The highest BCUT2D eigenvalue weighted by Crippen LogP contribution is 2.23. The minimum Gasteiger partial charge on any atom is -0.376 e. The Morgan fingerprint density at radius 1 is 1.00 bits per heavy atom. The molecule has 2 N–H and O–H groups in total. The number of sulfonamides is 1. The van der Waals surface area contributed by atoms with Crippen LogP contribution >= 0.6 is 0 Å². The van der Waals surface area contributed by atoms with Gasteiger partial charge in [0.05, 0.1) is 11.4 Å².